The summed E-state index contributed by atoms with van der Waals surface area (Å²) in [5, 5.41) is 16.4. The summed E-state index contributed by atoms with van der Waals surface area (Å²) >= 11 is 7.83. The molecule has 3 heterocycles. The summed E-state index contributed by atoms with van der Waals surface area (Å²) < 4.78 is 8.92. The van der Waals surface area contributed by atoms with Crippen LogP contribution in [0.1, 0.15) is 31.9 Å². The Balaban J connectivity index is 1.78. The number of hydrogen-bond acceptors (Lipinski definition) is 6. The SMILES string of the molecule is Cc1cc2nc(-c3cc4cn(C)nc4cn3)sc2c(-c2ccc(Cl)cc2OC(C)(C)C)c1CC(=O)O. The number of carboxylic acids is 1. The molecule has 0 saturated heterocycles. The largest absolute Gasteiger partial charge is 0.487 e. The molecule has 9 heteroatoms. The van der Waals surface area contributed by atoms with Crippen molar-refractivity contribution in [2.45, 2.75) is 39.7 Å². The van der Waals surface area contributed by atoms with E-state index in [1.165, 1.54) is 11.3 Å². The normalized spacial score (nSPS) is 11.9. The van der Waals surface area contributed by atoms with Gasteiger partial charge in [-0.2, -0.15) is 5.10 Å². The van der Waals surface area contributed by atoms with Crippen LogP contribution in [0.3, 0.4) is 0 Å². The van der Waals surface area contributed by atoms with Crippen molar-refractivity contribution in [2.75, 3.05) is 0 Å². The maximum Gasteiger partial charge on any atom is 0.307 e. The number of benzene rings is 2. The van der Waals surface area contributed by atoms with Crippen molar-refractivity contribution < 1.29 is 14.6 Å². The van der Waals surface area contributed by atoms with Crippen LogP contribution in [0.2, 0.25) is 5.02 Å². The van der Waals surface area contributed by atoms with Crippen LogP contribution < -0.4 is 4.74 Å². The van der Waals surface area contributed by atoms with Gasteiger partial charge in [0, 0.05) is 34.8 Å². The van der Waals surface area contributed by atoms with Crippen molar-refractivity contribution in [3.8, 4) is 27.6 Å². The lowest BCUT2D eigenvalue weighted by atomic mass is 9.92. The van der Waals surface area contributed by atoms with Crippen LogP contribution in [0, 0.1) is 6.92 Å². The second-order valence-electron chi connectivity index (χ2n) is 9.77. The zero-order valence-electron chi connectivity index (χ0n) is 20.6. The molecule has 0 amide bonds. The first-order chi connectivity index (χ1) is 17.0. The Labute approximate surface area is 217 Å². The molecule has 5 aromatic rings. The van der Waals surface area contributed by atoms with Crippen molar-refractivity contribution in [1.82, 2.24) is 19.7 Å². The Bertz CT molecular complexity index is 1650. The van der Waals surface area contributed by atoms with E-state index < -0.39 is 11.6 Å². The highest BCUT2D eigenvalue weighted by Gasteiger charge is 2.24. The molecule has 2 aromatic carbocycles. The van der Waals surface area contributed by atoms with Crippen LogP contribution >= 0.6 is 22.9 Å². The van der Waals surface area contributed by atoms with Gasteiger partial charge in [0.15, 0.2) is 0 Å². The van der Waals surface area contributed by atoms with Gasteiger partial charge in [-0.25, -0.2) is 4.98 Å². The minimum atomic E-state index is -0.903. The molecule has 1 N–H and O–H groups in total. The minimum Gasteiger partial charge on any atom is -0.487 e. The highest BCUT2D eigenvalue weighted by atomic mass is 35.5. The zero-order valence-corrected chi connectivity index (χ0v) is 22.2. The van der Waals surface area contributed by atoms with Gasteiger partial charge in [0.2, 0.25) is 0 Å². The number of carboxylic acid groups (broad SMARTS) is 1. The lowest BCUT2D eigenvalue weighted by molar-refractivity contribution is -0.136. The number of carbonyl (C=O) groups is 1. The topological polar surface area (TPSA) is 90.1 Å². The first-order valence-electron chi connectivity index (χ1n) is 11.4. The summed E-state index contributed by atoms with van der Waals surface area (Å²) in [6.07, 6.45) is 3.56. The van der Waals surface area contributed by atoms with Gasteiger partial charge in [-0.3, -0.25) is 14.5 Å². The van der Waals surface area contributed by atoms with E-state index in [1.54, 1.807) is 23.0 Å². The summed E-state index contributed by atoms with van der Waals surface area (Å²) in [5.41, 5.74) is 5.01. The van der Waals surface area contributed by atoms with Crippen molar-refractivity contribution in [1.29, 1.82) is 0 Å². The Morgan fingerprint density at radius 3 is 2.69 bits per heavy atom. The van der Waals surface area contributed by atoms with Crippen LogP contribution in [0.4, 0.5) is 0 Å². The van der Waals surface area contributed by atoms with Crippen LogP contribution in [0.15, 0.2) is 42.7 Å². The fourth-order valence-electron chi connectivity index (χ4n) is 4.29. The van der Waals surface area contributed by atoms with Gasteiger partial charge in [-0.1, -0.05) is 11.6 Å². The number of fused-ring (bicyclic) bond motifs is 2. The molecule has 0 aliphatic rings. The highest BCUT2D eigenvalue weighted by Crippen LogP contribution is 2.45. The smallest absolute Gasteiger partial charge is 0.307 e. The Morgan fingerprint density at radius 1 is 1.19 bits per heavy atom. The summed E-state index contributed by atoms with van der Waals surface area (Å²) in [4.78, 5) is 21.4. The second-order valence-corrected chi connectivity index (χ2v) is 11.2. The molecule has 36 heavy (non-hydrogen) atoms. The molecule has 184 valence electrons. The standard InChI is InChI=1S/C27H25ClN4O3S/c1-14-8-19-25(36-26(30-19)20-9-15-13-32(5)31-21(15)12-29-20)24(18(14)11-23(33)34)17-7-6-16(28)10-22(17)35-27(2,3)4/h6-10,12-13H,11H2,1-5H3,(H,33,34). The molecule has 0 unspecified atom stereocenters. The van der Waals surface area contributed by atoms with E-state index >= 15 is 0 Å². The number of halogens is 1. The van der Waals surface area contributed by atoms with Crippen molar-refractivity contribution in [2.24, 2.45) is 7.05 Å². The molecule has 0 fully saturated rings. The van der Waals surface area contributed by atoms with E-state index in [0.717, 1.165) is 54.1 Å². The van der Waals surface area contributed by atoms with E-state index in [4.69, 9.17) is 21.3 Å². The maximum absolute atomic E-state index is 11.9. The monoisotopic (exact) mass is 520 g/mol. The lowest BCUT2D eigenvalue weighted by Gasteiger charge is -2.24. The number of nitrogens with zero attached hydrogens (tertiary/aromatic N) is 4. The number of thiazole rings is 1. The molecule has 5 rings (SSSR count). The molecule has 0 aliphatic carbocycles. The highest BCUT2D eigenvalue weighted by molar-refractivity contribution is 7.22. The van der Waals surface area contributed by atoms with Gasteiger partial charge in [0.1, 0.15) is 21.9 Å². The van der Waals surface area contributed by atoms with Crippen LogP contribution in [0.5, 0.6) is 5.75 Å². The average molecular weight is 521 g/mol. The number of rotatable bonds is 5. The lowest BCUT2D eigenvalue weighted by Crippen LogP contribution is -2.23. The first-order valence-corrected chi connectivity index (χ1v) is 12.6. The first kappa shape index (κ1) is 24.2. The average Bonchev–Trinajstić information content (AvgIpc) is 3.35. The van der Waals surface area contributed by atoms with Crippen molar-refractivity contribution in [3.05, 3.63) is 58.9 Å². The molecule has 3 aromatic heterocycles. The molecule has 0 atom stereocenters. The van der Waals surface area contributed by atoms with Crippen LogP contribution in [0.25, 0.3) is 42.9 Å². The fraction of sp³-hybridized carbons (Fsp3) is 0.259. The molecule has 0 bridgehead atoms. The van der Waals surface area contributed by atoms with Gasteiger partial charge in [0.05, 0.1) is 28.5 Å². The van der Waals surface area contributed by atoms with Gasteiger partial charge < -0.3 is 9.84 Å². The van der Waals surface area contributed by atoms with E-state index in [2.05, 4.69) is 10.1 Å². The number of hydrogen-bond donors (Lipinski definition) is 1. The second kappa shape index (κ2) is 8.87. The molecular weight excluding hydrogens is 496 g/mol. The van der Waals surface area contributed by atoms with Crippen molar-refractivity contribution in [3.63, 3.8) is 0 Å². The van der Waals surface area contributed by atoms with E-state index in [-0.39, 0.29) is 6.42 Å². The Morgan fingerprint density at radius 2 is 1.97 bits per heavy atom. The van der Waals surface area contributed by atoms with Gasteiger partial charge in [0.25, 0.3) is 0 Å². The third-order valence-corrected chi connectivity index (χ3v) is 7.04. The number of aromatic nitrogens is 4. The summed E-state index contributed by atoms with van der Waals surface area (Å²) in [6, 6.07) is 9.38. The zero-order chi connectivity index (χ0) is 25.8. The molecule has 0 aliphatic heterocycles. The van der Waals surface area contributed by atoms with E-state index in [1.807, 2.05) is 59.1 Å². The predicted octanol–water partition coefficient (Wildman–Crippen LogP) is 6.68. The number of aryl methyl sites for hydroxylation is 2. The summed E-state index contributed by atoms with van der Waals surface area (Å²) in [6.45, 7) is 7.81. The van der Waals surface area contributed by atoms with Gasteiger partial charge in [-0.15, -0.1) is 11.3 Å². The molecule has 0 saturated carbocycles. The van der Waals surface area contributed by atoms with Gasteiger partial charge >= 0.3 is 5.97 Å². The van der Waals surface area contributed by atoms with Gasteiger partial charge in [-0.05, 0) is 69.2 Å². The minimum absolute atomic E-state index is 0.123. The Kier molecular flexibility index (Phi) is 5.97. The molecule has 0 spiro atoms. The Hall–Kier alpha value is -3.49. The predicted molar refractivity (Wildman–Crippen MR) is 144 cm³/mol. The number of aliphatic carboxylic acids is 1. The van der Waals surface area contributed by atoms with Crippen LogP contribution in [-0.4, -0.2) is 36.4 Å². The van der Waals surface area contributed by atoms with E-state index in [9.17, 15) is 9.90 Å². The summed E-state index contributed by atoms with van der Waals surface area (Å²) in [7, 11) is 1.87. The molecular formula is C27H25ClN4O3S. The quantitative estimate of drug-likeness (QED) is 0.278. The van der Waals surface area contributed by atoms with Crippen molar-refractivity contribution >= 4 is 50.0 Å². The number of pyridine rings is 1. The third kappa shape index (κ3) is 4.66. The molecule has 0 radical (unpaired) electrons. The third-order valence-electron chi connectivity index (χ3n) is 5.69. The number of ether oxygens (including phenoxy) is 1. The maximum atomic E-state index is 11.9. The molecule has 7 nitrogen and oxygen atoms in total. The fourth-order valence-corrected chi connectivity index (χ4v) is 5.55. The van der Waals surface area contributed by atoms with Crippen LogP contribution in [-0.2, 0) is 18.3 Å². The summed E-state index contributed by atoms with van der Waals surface area (Å²) in [5.74, 6) is -0.308. The van der Waals surface area contributed by atoms with E-state index in [0.29, 0.717) is 10.8 Å².